The Balaban J connectivity index is 2.22. The number of para-hydroxylation sites is 1. The van der Waals surface area contributed by atoms with Crippen LogP contribution in [0.4, 0.5) is 0 Å². The van der Waals surface area contributed by atoms with Crippen molar-refractivity contribution < 1.29 is 14.3 Å². The number of hydrogen-bond donors (Lipinski definition) is 0. The number of esters is 1. The number of ketones is 1. The third kappa shape index (κ3) is 3.01. The Hall–Kier alpha value is -2.95. The first-order valence-electron chi connectivity index (χ1n) is 8.67. The number of hydrogen-bond acceptors (Lipinski definition) is 4. The molecular formula is C21H22N2O3. The van der Waals surface area contributed by atoms with Gasteiger partial charge in [-0.3, -0.25) is 14.6 Å². The summed E-state index contributed by atoms with van der Waals surface area (Å²) < 4.78 is 7.10. The summed E-state index contributed by atoms with van der Waals surface area (Å²) in [6.07, 6.45) is 1.58. The highest BCUT2D eigenvalue weighted by Crippen LogP contribution is 2.32. The number of aromatic nitrogens is 2. The fourth-order valence-corrected chi connectivity index (χ4v) is 3.28. The van der Waals surface area contributed by atoms with E-state index in [0.29, 0.717) is 23.4 Å². The molecule has 2 aromatic heterocycles. The van der Waals surface area contributed by atoms with Crippen molar-refractivity contribution in [2.24, 2.45) is 7.05 Å². The molecule has 0 spiro atoms. The molecule has 0 fully saturated rings. The minimum Gasteiger partial charge on any atom is -0.465 e. The van der Waals surface area contributed by atoms with Gasteiger partial charge >= 0.3 is 5.97 Å². The molecule has 0 saturated carbocycles. The molecule has 0 radical (unpaired) electrons. The van der Waals surface area contributed by atoms with Crippen molar-refractivity contribution in [3.8, 4) is 0 Å². The molecule has 5 nitrogen and oxygen atoms in total. The molecule has 1 aromatic carbocycles. The Morgan fingerprint density at radius 2 is 1.92 bits per heavy atom. The van der Waals surface area contributed by atoms with Crippen molar-refractivity contribution >= 4 is 22.7 Å². The lowest BCUT2D eigenvalue weighted by atomic mass is 9.95. The predicted molar refractivity (Wildman–Crippen MR) is 100 cm³/mol. The van der Waals surface area contributed by atoms with E-state index in [-0.39, 0.29) is 11.8 Å². The van der Waals surface area contributed by atoms with Crippen LogP contribution in [0.25, 0.3) is 10.9 Å². The third-order valence-corrected chi connectivity index (χ3v) is 4.60. The minimum atomic E-state index is -0.551. The molecule has 1 atom stereocenters. The maximum Gasteiger partial charge on any atom is 0.314 e. The van der Waals surface area contributed by atoms with Crippen molar-refractivity contribution in [1.29, 1.82) is 0 Å². The van der Waals surface area contributed by atoms with Crippen LogP contribution in [-0.4, -0.2) is 27.9 Å². The van der Waals surface area contributed by atoms with Gasteiger partial charge in [-0.05, 0) is 39.0 Å². The van der Waals surface area contributed by atoms with E-state index < -0.39 is 5.92 Å². The molecule has 2 heterocycles. The molecule has 0 aliphatic rings. The highest BCUT2D eigenvalue weighted by Gasteiger charge is 2.29. The van der Waals surface area contributed by atoms with Crippen LogP contribution in [0, 0.1) is 6.92 Å². The first-order chi connectivity index (χ1) is 12.5. The zero-order chi connectivity index (χ0) is 18.8. The van der Waals surface area contributed by atoms with Gasteiger partial charge in [-0.25, -0.2) is 0 Å². The molecular weight excluding hydrogens is 328 g/mol. The number of ether oxygens (including phenoxy) is 1. The van der Waals surface area contributed by atoms with Gasteiger partial charge < -0.3 is 9.30 Å². The van der Waals surface area contributed by atoms with Gasteiger partial charge in [0.25, 0.3) is 0 Å². The zero-order valence-electron chi connectivity index (χ0n) is 15.4. The monoisotopic (exact) mass is 350 g/mol. The highest BCUT2D eigenvalue weighted by atomic mass is 16.5. The van der Waals surface area contributed by atoms with Crippen molar-refractivity contribution in [1.82, 2.24) is 9.55 Å². The number of carbonyl (C=O) groups excluding carboxylic acids is 2. The number of aryl methyl sites for hydroxylation is 2. The summed E-state index contributed by atoms with van der Waals surface area (Å²) in [5.41, 5.74) is 3.45. The first kappa shape index (κ1) is 17.9. The van der Waals surface area contributed by atoms with E-state index in [1.807, 2.05) is 48.9 Å². The zero-order valence-corrected chi connectivity index (χ0v) is 15.4. The molecule has 3 aromatic rings. The van der Waals surface area contributed by atoms with Crippen LogP contribution in [0.3, 0.4) is 0 Å². The van der Waals surface area contributed by atoms with Gasteiger partial charge in [0.15, 0.2) is 5.78 Å². The van der Waals surface area contributed by atoms with Gasteiger partial charge in [0.2, 0.25) is 0 Å². The summed E-state index contributed by atoms with van der Waals surface area (Å²) in [5, 5.41) is 0.826. The second kappa shape index (κ2) is 7.12. The maximum atomic E-state index is 13.3. The van der Waals surface area contributed by atoms with Crippen molar-refractivity contribution in [2.75, 3.05) is 6.61 Å². The van der Waals surface area contributed by atoms with Crippen LogP contribution in [-0.2, 0) is 16.6 Å². The highest BCUT2D eigenvalue weighted by molar-refractivity contribution is 6.18. The lowest BCUT2D eigenvalue weighted by molar-refractivity contribution is -0.144. The molecule has 134 valence electrons. The average Bonchev–Trinajstić information content (AvgIpc) is 2.94. The van der Waals surface area contributed by atoms with Crippen molar-refractivity contribution in [2.45, 2.75) is 26.7 Å². The van der Waals surface area contributed by atoms with Gasteiger partial charge in [-0.1, -0.05) is 18.2 Å². The van der Waals surface area contributed by atoms with E-state index in [9.17, 15) is 9.59 Å². The Kier molecular flexibility index (Phi) is 4.89. The molecule has 0 saturated heterocycles. The Morgan fingerprint density at radius 3 is 2.58 bits per heavy atom. The number of benzene rings is 1. The van der Waals surface area contributed by atoms with Crippen molar-refractivity contribution in [3.05, 3.63) is 65.1 Å². The Morgan fingerprint density at radius 1 is 1.19 bits per heavy atom. The van der Waals surface area contributed by atoms with E-state index >= 15 is 0 Å². The third-order valence-electron chi connectivity index (χ3n) is 4.60. The van der Waals surface area contributed by atoms with Gasteiger partial charge in [0.1, 0.15) is 0 Å². The summed E-state index contributed by atoms with van der Waals surface area (Å²) in [6.45, 7) is 5.73. The van der Waals surface area contributed by atoms with E-state index in [1.54, 1.807) is 26.1 Å². The molecule has 26 heavy (non-hydrogen) atoms. The topological polar surface area (TPSA) is 61.2 Å². The molecule has 0 unspecified atom stereocenters. The largest absolute Gasteiger partial charge is 0.465 e. The van der Waals surface area contributed by atoms with Crippen LogP contribution in [0.2, 0.25) is 0 Å². The second-order valence-corrected chi connectivity index (χ2v) is 6.33. The summed E-state index contributed by atoms with van der Waals surface area (Å²) in [7, 11) is 1.87. The first-order valence-corrected chi connectivity index (χ1v) is 8.67. The SMILES string of the molecule is CCOC(=O)[C@H](C)c1c(C(=O)c2ccc(C)nc2)c2ccccc2n1C. The van der Waals surface area contributed by atoms with Crippen LogP contribution in [0.5, 0.6) is 0 Å². The minimum absolute atomic E-state index is 0.138. The summed E-state index contributed by atoms with van der Waals surface area (Å²) >= 11 is 0. The molecule has 0 aliphatic carbocycles. The number of carbonyl (C=O) groups is 2. The Bertz CT molecular complexity index is 971. The quantitative estimate of drug-likeness (QED) is 0.519. The van der Waals surface area contributed by atoms with Gasteiger partial charge in [0, 0.05) is 41.1 Å². The van der Waals surface area contributed by atoms with E-state index in [4.69, 9.17) is 4.74 Å². The Labute approximate surface area is 152 Å². The fraction of sp³-hybridized carbons (Fsp3) is 0.286. The fourth-order valence-electron chi connectivity index (χ4n) is 3.28. The van der Waals surface area contributed by atoms with E-state index in [0.717, 1.165) is 16.6 Å². The number of nitrogens with zero attached hydrogens (tertiary/aromatic N) is 2. The van der Waals surface area contributed by atoms with Crippen LogP contribution >= 0.6 is 0 Å². The lowest BCUT2D eigenvalue weighted by Gasteiger charge is -2.14. The van der Waals surface area contributed by atoms with Crippen molar-refractivity contribution in [3.63, 3.8) is 0 Å². The summed E-state index contributed by atoms with van der Waals surface area (Å²) in [4.78, 5) is 29.9. The number of pyridine rings is 1. The van der Waals surface area contributed by atoms with Crippen LogP contribution in [0.1, 0.15) is 47.1 Å². The maximum absolute atomic E-state index is 13.3. The van der Waals surface area contributed by atoms with Gasteiger partial charge in [-0.15, -0.1) is 0 Å². The number of rotatable bonds is 5. The molecule has 0 bridgehead atoms. The van der Waals surface area contributed by atoms with Crippen LogP contribution in [0.15, 0.2) is 42.6 Å². The van der Waals surface area contributed by atoms with Gasteiger partial charge in [0.05, 0.1) is 18.1 Å². The second-order valence-electron chi connectivity index (χ2n) is 6.33. The lowest BCUT2D eigenvalue weighted by Crippen LogP contribution is -2.18. The summed E-state index contributed by atoms with van der Waals surface area (Å²) in [5.74, 6) is -1.03. The molecule has 0 amide bonds. The normalized spacial score (nSPS) is 12.2. The summed E-state index contributed by atoms with van der Waals surface area (Å²) in [6, 6.07) is 11.2. The molecule has 5 heteroatoms. The molecule has 0 aliphatic heterocycles. The van der Waals surface area contributed by atoms with Gasteiger partial charge in [-0.2, -0.15) is 0 Å². The van der Waals surface area contributed by atoms with E-state index in [1.165, 1.54) is 0 Å². The van der Waals surface area contributed by atoms with E-state index in [2.05, 4.69) is 4.98 Å². The smallest absolute Gasteiger partial charge is 0.314 e. The number of fused-ring (bicyclic) bond motifs is 1. The molecule has 0 N–H and O–H groups in total. The predicted octanol–water partition coefficient (Wildman–Crippen LogP) is 3.78. The standard InChI is InChI=1S/C21H22N2O3/c1-5-26-21(25)14(3)19-18(16-8-6-7-9-17(16)23(19)4)20(24)15-11-10-13(2)22-12-15/h6-12,14H,5H2,1-4H3/t14-/m1/s1. The molecule has 3 rings (SSSR count). The average molecular weight is 350 g/mol. The van der Waals surface area contributed by atoms with Crippen LogP contribution < -0.4 is 0 Å².